The molecule has 2 heterocycles. The monoisotopic (exact) mass is 353 g/mol. The number of furan rings is 1. The minimum Gasteiger partial charge on any atom is -0.460 e. The fraction of sp³-hybridized carbons (Fsp3) is 0.118. The fourth-order valence-electron chi connectivity index (χ4n) is 2.22. The second kappa shape index (κ2) is 7.43. The summed E-state index contributed by atoms with van der Waals surface area (Å²) >= 11 is 0. The van der Waals surface area contributed by atoms with Crippen molar-refractivity contribution < 1.29 is 14.1 Å². The van der Waals surface area contributed by atoms with Crippen LogP contribution in [0.25, 0.3) is 0 Å². The number of carbonyl (C=O) groups is 1. The zero-order valence-electron chi connectivity index (χ0n) is 13.8. The Morgan fingerprint density at radius 2 is 2.08 bits per heavy atom. The van der Waals surface area contributed by atoms with E-state index in [1.165, 1.54) is 18.3 Å². The van der Waals surface area contributed by atoms with Crippen LogP contribution in [0.1, 0.15) is 27.6 Å². The molecule has 3 rings (SSSR count). The van der Waals surface area contributed by atoms with Gasteiger partial charge in [-0.25, -0.2) is 5.43 Å². The summed E-state index contributed by atoms with van der Waals surface area (Å²) in [6.07, 6.45) is 3.05. The van der Waals surface area contributed by atoms with Gasteiger partial charge in [0.1, 0.15) is 11.5 Å². The first kappa shape index (κ1) is 17.1. The molecule has 0 spiro atoms. The van der Waals surface area contributed by atoms with E-state index >= 15 is 0 Å². The normalized spacial score (nSPS) is 11.0. The molecule has 0 bridgehead atoms. The number of rotatable bonds is 6. The molecule has 0 aliphatic rings. The van der Waals surface area contributed by atoms with E-state index in [4.69, 9.17) is 4.42 Å². The zero-order chi connectivity index (χ0) is 18.5. The van der Waals surface area contributed by atoms with Crippen LogP contribution in [0, 0.1) is 17.0 Å². The van der Waals surface area contributed by atoms with E-state index in [0.717, 1.165) is 11.3 Å². The summed E-state index contributed by atoms with van der Waals surface area (Å²) in [5.41, 5.74) is 3.44. The highest BCUT2D eigenvalue weighted by molar-refractivity contribution is 5.92. The van der Waals surface area contributed by atoms with Gasteiger partial charge < -0.3 is 4.42 Å². The minimum atomic E-state index is -0.454. The average Bonchev–Trinajstić information content (AvgIpc) is 3.24. The number of nitrogens with one attached hydrogen (secondary N) is 1. The van der Waals surface area contributed by atoms with Crippen LogP contribution in [0.4, 0.5) is 5.69 Å². The Labute approximate surface area is 148 Å². The largest absolute Gasteiger partial charge is 0.460 e. The van der Waals surface area contributed by atoms with Gasteiger partial charge in [-0.15, -0.1) is 0 Å². The third-order valence-electron chi connectivity index (χ3n) is 3.48. The van der Waals surface area contributed by atoms with Crippen molar-refractivity contribution >= 4 is 17.8 Å². The molecule has 3 aromatic rings. The van der Waals surface area contributed by atoms with Gasteiger partial charge in [-0.3, -0.25) is 19.6 Å². The second-order valence-corrected chi connectivity index (χ2v) is 5.47. The highest BCUT2D eigenvalue weighted by atomic mass is 16.6. The number of aromatic nitrogens is 2. The summed E-state index contributed by atoms with van der Waals surface area (Å²) in [5, 5.41) is 18.6. The number of nitro groups is 1. The Morgan fingerprint density at radius 1 is 1.31 bits per heavy atom. The lowest BCUT2D eigenvalue weighted by Gasteiger charge is -2.01. The predicted molar refractivity (Wildman–Crippen MR) is 92.9 cm³/mol. The van der Waals surface area contributed by atoms with E-state index in [0.29, 0.717) is 12.3 Å². The molecule has 132 valence electrons. The average molecular weight is 353 g/mol. The van der Waals surface area contributed by atoms with Gasteiger partial charge in [0.05, 0.1) is 17.7 Å². The number of hydrogen-bond acceptors (Lipinski definition) is 6. The van der Waals surface area contributed by atoms with E-state index in [1.807, 2.05) is 6.92 Å². The van der Waals surface area contributed by atoms with Gasteiger partial charge in [0.25, 0.3) is 11.6 Å². The second-order valence-electron chi connectivity index (χ2n) is 5.47. The molecule has 0 saturated carbocycles. The van der Waals surface area contributed by atoms with Crippen molar-refractivity contribution in [2.45, 2.75) is 13.5 Å². The third kappa shape index (κ3) is 4.20. The molecule has 1 amide bonds. The van der Waals surface area contributed by atoms with Crippen molar-refractivity contribution in [2.75, 3.05) is 0 Å². The van der Waals surface area contributed by atoms with Crippen molar-refractivity contribution in [3.63, 3.8) is 0 Å². The number of nitro benzene ring substituents is 1. The molecule has 9 nitrogen and oxygen atoms in total. The van der Waals surface area contributed by atoms with Crippen LogP contribution in [-0.2, 0) is 6.54 Å². The lowest BCUT2D eigenvalue weighted by Crippen LogP contribution is -2.18. The highest BCUT2D eigenvalue weighted by Crippen LogP contribution is 2.12. The molecule has 1 N–H and O–H groups in total. The molecular weight excluding hydrogens is 338 g/mol. The Hall–Kier alpha value is -3.75. The number of aryl methyl sites for hydroxylation is 1. The van der Waals surface area contributed by atoms with Crippen LogP contribution >= 0.6 is 0 Å². The van der Waals surface area contributed by atoms with Gasteiger partial charge in [-0.1, -0.05) is 12.1 Å². The number of amides is 1. The molecule has 0 aliphatic heterocycles. The summed E-state index contributed by atoms with van der Waals surface area (Å²) < 4.78 is 6.87. The molecule has 0 atom stereocenters. The van der Waals surface area contributed by atoms with E-state index in [1.54, 1.807) is 41.2 Å². The summed E-state index contributed by atoms with van der Waals surface area (Å²) in [7, 11) is 0. The van der Waals surface area contributed by atoms with Crippen LogP contribution in [0.15, 0.2) is 58.2 Å². The smallest absolute Gasteiger partial charge is 0.291 e. The first-order valence-corrected chi connectivity index (χ1v) is 7.68. The Morgan fingerprint density at radius 3 is 2.73 bits per heavy atom. The Balaban J connectivity index is 1.59. The number of non-ortho nitro benzene ring substituents is 1. The van der Waals surface area contributed by atoms with Crippen molar-refractivity contribution in [3.8, 4) is 0 Å². The molecule has 9 heteroatoms. The summed E-state index contributed by atoms with van der Waals surface area (Å²) in [6.45, 7) is 2.20. The first-order chi connectivity index (χ1) is 12.5. The van der Waals surface area contributed by atoms with Gasteiger partial charge >= 0.3 is 0 Å². The van der Waals surface area contributed by atoms with Gasteiger partial charge in [0, 0.05) is 18.3 Å². The summed E-state index contributed by atoms with van der Waals surface area (Å²) in [5.74, 6) is 0.834. The fourth-order valence-corrected chi connectivity index (χ4v) is 2.22. The van der Waals surface area contributed by atoms with Crippen molar-refractivity contribution in [2.24, 2.45) is 5.10 Å². The Bertz CT molecular complexity index is 956. The van der Waals surface area contributed by atoms with Crippen LogP contribution in [0.5, 0.6) is 0 Å². The highest BCUT2D eigenvalue weighted by Gasteiger charge is 2.09. The predicted octanol–water partition coefficient (Wildman–Crippen LogP) is 2.50. The van der Waals surface area contributed by atoms with E-state index in [-0.39, 0.29) is 11.4 Å². The van der Waals surface area contributed by atoms with E-state index in [2.05, 4.69) is 15.6 Å². The van der Waals surface area contributed by atoms with Gasteiger partial charge in [0.15, 0.2) is 5.69 Å². The SMILES string of the molecule is Cc1ccc(/C=N\NC(=O)c2ccn(Cc3ccc([N+](=O)[O-])cc3)n2)o1. The van der Waals surface area contributed by atoms with Crippen LogP contribution < -0.4 is 5.43 Å². The van der Waals surface area contributed by atoms with Gasteiger partial charge in [0.2, 0.25) is 0 Å². The molecule has 0 radical (unpaired) electrons. The topological polar surface area (TPSA) is 116 Å². The molecule has 26 heavy (non-hydrogen) atoms. The van der Waals surface area contributed by atoms with Crippen molar-refractivity contribution in [1.82, 2.24) is 15.2 Å². The first-order valence-electron chi connectivity index (χ1n) is 7.68. The molecular formula is C17H15N5O4. The number of hydrogen-bond donors (Lipinski definition) is 1. The Kier molecular flexibility index (Phi) is 4.88. The molecule has 2 aromatic heterocycles. The lowest BCUT2D eigenvalue weighted by atomic mass is 10.2. The lowest BCUT2D eigenvalue weighted by molar-refractivity contribution is -0.384. The van der Waals surface area contributed by atoms with Crippen LogP contribution in [0.2, 0.25) is 0 Å². The maximum absolute atomic E-state index is 12.0. The third-order valence-corrected chi connectivity index (χ3v) is 3.48. The number of benzene rings is 1. The minimum absolute atomic E-state index is 0.0268. The van der Waals surface area contributed by atoms with Crippen LogP contribution in [-0.4, -0.2) is 26.8 Å². The number of nitrogens with zero attached hydrogens (tertiary/aromatic N) is 4. The number of carbonyl (C=O) groups excluding carboxylic acids is 1. The summed E-state index contributed by atoms with van der Waals surface area (Å²) in [6, 6.07) is 11.2. The summed E-state index contributed by atoms with van der Waals surface area (Å²) in [4.78, 5) is 22.2. The zero-order valence-corrected chi connectivity index (χ0v) is 13.8. The molecule has 0 fully saturated rings. The van der Waals surface area contributed by atoms with Crippen molar-refractivity contribution in [3.05, 3.63) is 81.6 Å². The van der Waals surface area contributed by atoms with E-state index < -0.39 is 10.8 Å². The van der Waals surface area contributed by atoms with Crippen molar-refractivity contribution in [1.29, 1.82) is 0 Å². The molecule has 0 unspecified atom stereocenters. The maximum atomic E-state index is 12.0. The quantitative estimate of drug-likeness (QED) is 0.415. The van der Waals surface area contributed by atoms with Gasteiger partial charge in [-0.2, -0.15) is 10.2 Å². The number of hydrazone groups is 1. The van der Waals surface area contributed by atoms with Gasteiger partial charge in [-0.05, 0) is 30.7 Å². The molecule has 0 aliphatic carbocycles. The van der Waals surface area contributed by atoms with E-state index in [9.17, 15) is 14.9 Å². The molecule has 1 aromatic carbocycles. The standard InChI is InChI=1S/C17H15N5O4/c1-12-2-7-15(26-12)10-18-19-17(23)16-8-9-21(20-16)11-13-3-5-14(6-4-13)22(24)25/h2-10H,11H2,1H3,(H,19,23)/b18-10-. The molecule has 0 saturated heterocycles. The van der Waals surface area contributed by atoms with Crippen LogP contribution in [0.3, 0.4) is 0 Å². The maximum Gasteiger partial charge on any atom is 0.291 e.